The Morgan fingerprint density at radius 3 is 2.35 bits per heavy atom. The maximum atomic E-state index is 13.2. The van der Waals surface area contributed by atoms with E-state index in [1.165, 1.54) is 6.07 Å². The van der Waals surface area contributed by atoms with Crippen molar-refractivity contribution < 1.29 is 13.7 Å². The van der Waals surface area contributed by atoms with Gasteiger partial charge in [0.25, 0.3) is 0 Å². The standard InChI is InChI=1S/C14H15F2N5O2/c1-14(2,3)20-13-11(21(22)23)12(17-7-18-13)19-8-4-5-9(15)10(16)6-8/h4-7H,1-3H3,(H2,17,18,19,20). The lowest BCUT2D eigenvalue weighted by Crippen LogP contribution is -2.27. The summed E-state index contributed by atoms with van der Waals surface area (Å²) in [7, 11) is 0. The van der Waals surface area contributed by atoms with E-state index >= 15 is 0 Å². The van der Waals surface area contributed by atoms with Gasteiger partial charge in [-0.1, -0.05) is 0 Å². The predicted molar refractivity (Wildman–Crippen MR) is 81.7 cm³/mol. The number of anilines is 3. The van der Waals surface area contributed by atoms with Gasteiger partial charge in [0.15, 0.2) is 11.6 Å². The van der Waals surface area contributed by atoms with E-state index in [1.54, 1.807) is 0 Å². The summed E-state index contributed by atoms with van der Waals surface area (Å²) in [6, 6.07) is 3.05. The third kappa shape index (κ3) is 4.09. The van der Waals surface area contributed by atoms with E-state index in [0.29, 0.717) is 0 Å². The summed E-state index contributed by atoms with van der Waals surface area (Å²) in [5.41, 5.74) is -0.710. The van der Waals surface area contributed by atoms with E-state index in [0.717, 1.165) is 18.5 Å². The first-order valence-corrected chi connectivity index (χ1v) is 6.67. The molecule has 2 aromatic rings. The zero-order valence-electron chi connectivity index (χ0n) is 12.7. The SMILES string of the molecule is CC(C)(C)Nc1ncnc(Nc2ccc(F)c(F)c2)c1[N+](=O)[O-]. The molecule has 0 spiro atoms. The second-order valence-corrected chi connectivity index (χ2v) is 5.81. The van der Waals surface area contributed by atoms with E-state index in [2.05, 4.69) is 20.6 Å². The first kappa shape index (κ1) is 16.5. The number of halogens is 2. The number of rotatable bonds is 4. The van der Waals surface area contributed by atoms with Crippen LogP contribution >= 0.6 is 0 Å². The van der Waals surface area contributed by atoms with Crippen LogP contribution in [0.25, 0.3) is 0 Å². The van der Waals surface area contributed by atoms with Crippen LogP contribution in [0, 0.1) is 21.7 Å². The van der Waals surface area contributed by atoms with Crippen LogP contribution in [0.4, 0.5) is 31.8 Å². The Balaban J connectivity index is 2.43. The molecule has 0 aliphatic rings. The molecule has 0 atom stereocenters. The van der Waals surface area contributed by atoms with Gasteiger partial charge < -0.3 is 10.6 Å². The highest BCUT2D eigenvalue weighted by molar-refractivity contribution is 5.74. The molecule has 0 saturated carbocycles. The average molecular weight is 323 g/mol. The lowest BCUT2D eigenvalue weighted by atomic mass is 10.1. The zero-order valence-corrected chi connectivity index (χ0v) is 12.7. The number of hydrogen-bond donors (Lipinski definition) is 2. The number of benzene rings is 1. The van der Waals surface area contributed by atoms with Crippen LogP contribution in [-0.2, 0) is 0 Å². The molecule has 0 aliphatic heterocycles. The van der Waals surface area contributed by atoms with Crippen LogP contribution < -0.4 is 10.6 Å². The molecule has 2 N–H and O–H groups in total. The predicted octanol–water partition coefficient (Wildman–Crippen LogP) is 3.62. The summed E-state index contributed by atoms with van der Waals surface area (Å²) < 4.78 is 26.2. The lowest BCUT2D eigenvalue weighted by Gasteiger charge is -2.21. The number of nitro groups is 1. The molecule has 2 rings (SSSR count). The molecule has 9 heteroatoms. The van der Waals surface area contributed by atoms with Crippen molar-refractivity contribution in [1.29, 1.82) is 0 Å². The summed E-state index contributed by atoms with van der Waals surface area (Å²) in [6.07, 6.45) is 1.14. The highest BCUT2D eigenvalue weighted by Gasteiger charge is 2.26. The summed E-state index contributed by atoms with van der Waals surface area (Å²) in [6.45, 7) is 5.46. The Morgan fingerprint density at radius 2 is 1.78 bits per heavy atom. The Morgan fingerprint density at radius 1 is 1.13 bits per heavy atom. The Kier molecular flexibility index (Phi) is 4.39. The molecular formula is C14H15F2N5O2. The molecule has 0 amide bonds. The van der Waals surface area contributed by atoms with E-state index < -0.39 is 22.1 Å². The normalized spacial score (nSPS) is 11.2. The van der Waals surface area contributed by atoms with Crippen molar-refractivity contribution in [3.05, 3.63) is 46.3 Å². The van der Waals surface area contributed by atoms with E-state index in [9.17, 15) is 18.9 Å². The van der Waals surface area contributed by atoms with Crippen molar-refractivity contribution in [3.63, 3.8) is 0 Å². The molecule has 7 nitrogen and oxygen atoms in total. The van der Waals surface area contributed by atoms with E-state index in [4.69, 9.17) is 0 Å². The first-order chi connectivity index (χ1) is 10.7. The minimum absolute atomic E-state index is 0.0302. The van der Waals surface area contributed by atoms with E-state index in [1.807, 2.05) is 20.8 Å². The molecule has 0 unspecified atom stereocenters. The molecule has 0 bridgehead atoms. The Hall–Kier alpha value is -2.84. The first-order valence-electron chi connectivity index (χ1n) is 6.67. The van der Waals surface area contributed by atoms with Gasteiger partial charge in [-0.2, -0.15) is 0 Å². The summed E-state index contributed by atoms with van der Waals surface area (Å²) in [4.78, 5) is 18.4. The van der Waals surface area contributed by atoms with Crippen LogP contribution in [0.15, 0.2) is 24.5 Å². The second-order valence-electron chi connectivity index (χ2n) is 5.81. The lowest BCUT2D eigenvalue weighted by molar-refractivity contribution is -0.383. The summed E-state index contributed by atoms with van der Waals surface area (Å²) >= 11 is 0. The average Bonchev–Trinajstić information content (AvgIpc) is 2.41. The van der Waals surface area contributed by atoms with Crippen molar-refractivity contribution in [1.82, 2.24) is 9.97 Å². The summed E-state index contributed by atoms with van der Waals surface area (Å²) in [5, 5.41) is 16.9. The quantitative estimate of drug-likeness (QED) is 0.659. The smallest absolute Gasteiger partial charge is 0.353 e. The second kappa shape index (κ2) is 6.11. The molecule has 1 heterocycles. The minimum atomic E-state index is -1.07. The van der Waals surface area contributed by atoms with E-state index in [-0.39, 0.29) is 23.0 Å². The van der Waals surface area contributed by atoms with Crippen LogP contribution in [0.5, 0.6) is 0 Å². The topological polar surface area (TPSA) is 93.0 Å². The molecule has 23 heavy (non-hydrogen) atoms. The molecule has 122 valence electrons. The molecule has 1 aromatic heterocycles. The monoisotopic (exact) mass is 323 g/mol. The number of aromatic nitrogens is 2. The van der Waals surface area contributed by atoms with Gasteiger partial charge in [0.05, 0.1) is 4.92 Å². The van der Waals surface area contributed by atoms with Gasteiger partial charge in [0, 0.05) is 17.3 Å². The third-order valence-corrected chi connectivity index (χ3v) is 2.68. The van der Waals surface area contributed by atoms with Gasteiger partial charge in [-0.25, -0.2) is 18.7 Å². The van der Waals surface area contributed by atoms with Gasteiger partial charge in [-0.05, 0) is 32.9 Å². The van der Waals surface area contributed by atoms with Gasteiger partial charge >= 0.3 is 5.69 Å². The van der Waals surface area contributed by atoms with Crippen molar-refractivity contribution in [3.8, 4) is 0 Å². The fourth-order valence-electron chi connectivity index (χ4n) is 1.80. The van der Waals surface area contributed by atoms with Crippen LogP contribution in [-0.4, -0.2) is 20.4 Å². The summed E-state index contributed by atoms with van der Waals surface area (Å²) in [5.74, 6) is -2.17. The van der Waals surface area contributed by atoms with Crippen LogP contribution in [0.3, 0.4) is 0 Å². The maximum absolute atomic E-state index is 13.2. The molecule has 0 radical (unpaired) electrons. The highest BCUT2D eigenvalue weighted by atomic mass is 19.2. The van der Waals surface area contributed by atoms with Gasteiger partial charge in [0.2, 0.25) is 11.6 Å². The number of nitrogens with one attached hydrogen (secondary N) is 2. The van der Waals surface area contributed by atoms with Gasteiger partial charge in [-0.15, -0.1) is 0 Å². The Bertz CT molecular complexity index is 746. The molecule has 0 fully saturated rings. The zero-order chi connectivity index (χ0) is 17.2. The number of nitrogens with zero attached hydrogens (tertiary/aromatic N) is 3. The third-order valence-electron chi connectivity index (χ3n) is 2.68. The fourth-order valence-corrected chi connectivity index (χ4v) is 1.80. The largest absolute Gasteiger partial charge is 0.360 e. The number of hydrogen-bond acceptors (Lipinski definition) is 6. The Labute approximate surface area is 130 Å². The van der Waals surface area contributed by atoms with Crippen molar-refractivity contribution >= 4 is 23.0 Å². The minimum Gasteiger partial charge on any atom is -0.360 e. The van der Waals surface area contributed by atoms with Crippen molar-refractivity contribution in [2.75, 3.05) is 10.6 Å². The van der Waals surface area contributed by atoms with Gasteiger partial charge in [0.1, 0.15) is 6.33 Å². The van der Waals surface area contributed by atoms with Crippen LogP contribution in [0.1, 0.15) is 20.8 Å². The fraction of sp³-hybridized carbons (Fsp3) is 0.286. The maximum Gasteiger partial charge on any atom is 0.353 e. The van der Waals surface area contributed by atoms with Crippen molar-refractivity contribution in [2.24, 2.45) is 0 Å². The molecule has 0 saturated heterocycles. The van der Waals surface area contributed by atoms with Crippen molar-refractivity contribution in [2.45, 2.75) is 26.3 Å². The molecule has 1 aromatic carbocycles. The van der Waals surface area contributed by atoms with Crippen LogP contribution in [0.2, 0.25) is 0 Å². The highest BCUT2D eigenvalue weighted by Crippen LogP contribution is 2.32. The molecule has 0 aliphatic carbocycles. The van der Waals surface area contributed by atoms with Gasteiger partial charge in [-0.3, -0.25) is 10.1 Å². The molecular weight excluding hydrogens is 308 g/mol.